The molecule has 0 bridgehead atoms. The van der Waals surface area contributed by atoms with Crippen molar-refractivity contribution in [3.63, 3.8) is 0 Å². The Labute approximate surface area is 143 Å². The molecule has 132 valence electrons. The molecule has 3 rings (SSSR count). The van der Waals surface area contributed by atoms with Gasteiger partial charge in [0.25, 0.3) is 0 Å². The summed E-state index contributed by atoms with van der Waals surface area (Å²) in [5, 5.41) is 0. The molecule has 1 aromatic carbocycles. The van der Waals surface area contributed by atoms with E-state index in [1.54, 1.807) is 4.90 Å². The van der Waals surface area contributed by atoms with Gasteiger partial charge in [0.05, 0.1) is 0 Å². The third-order valence-electron chi connectivity index (χ3n) is 5.86. The number of rotatable bonds is 3. The highest BCUT2D eigenvalue weighted by molar-refractivity contribution is 5.67. The van der Waals surface area contributed by atoms with Crippen LogP contribution in [0.3, 0.4) is 0 Å². The highest BCUT2D eigenvalue weighted by Gasteiger charge is 2.44. The highest BCUT2D eigenvalue weighted by Crippen LogP contribution is 2.48. The number of carbonyl (C=O) groups is 1. The Morgan fingerprint density at radius 1 is 1.08 bits per heavy atom. The second kappa shape index (κ2) is 7.09. The molecular formula is C19H27FN2O2. The van der Waals surface area contributed by atoms with E-state index >= 15 is 0 Å². The molecule has 2 N–H and O–H groups in total. The van der Waals surface area contributed by atoms with E-state index in [1.165, 1.54) is 0 Å². The number of likely N-dealkylation sites (tertiary alicyclic amines) is 1. The molecule has 1 aromatic rings. The van der Waals surface area contributed by atoms with Crippen molar-refractivity contribution in [1.29, 1.82) is 0 Å². The molecule has 0 radical (unpaired) electrons. The van der Waals surface area contributed by atoms with Crippen molar-refractivity contribution < 1.29 is 13.9 Å². The van der Waals surface area contributed by atoms with E-state index in [9.17, 15) is 9.18 Å². The molecule has 2 aliphatic rings. The Morgan fingerprint density at radius 3 is 2.29 bits per heavy atom. The zero-order chi connectivity index (χ0) is 17.0. The summed E-state index contributed by atoms with van der Waals surface area (Å²) < 4.78 is 19.7. The van der Waals surface area contributed by atoms with Gasteiger partial charge in [0.15, 0.2) is 0 Å². The van der Waals surface area contributed by atoms with Crippen molar-refractivity contribution in [2.45, 2.75) is 50.8 Å². The number of ether oxygens (including phenoxy) is 1. The van der Waals surface area contributed by atoms with Gasteiger partial charge < -0.3 is 15.4 Å². The molecule has 1 amide bonds. The zero-order valence-corrected chi connectivity index (χ0v) is 14.2. The molecule has 5 heteroatoms. The van der Waals surface area contributed by atoms with E-state index in [2.05, 4.69) is 0 Å². The molecule has 1 saturated heterocycles. The number of hydrogen-bond donors (Lipinski definition) is 1. The fourth-order valence-electron chi connectivity index (χ4n) is 3.91. The standard InChI is InChI=1S/C19H27FN2O2/c20-19(15-21)8-6-18(7-9-19)10-12-22(13-11-18)17(23)24-14-16-4-2-1-3-5-16/h1-5H,6-15,21H2. The van der Waals surface area contributed by atoms with E-state index in [0.717, 1.165) is 31.2 Å². The van der Waals surface area contributed by atoms with Crippen LogP contribution in [0.4, 0.5) is 9.18 Å². The van der Waals surface area contributed by atoms with Crippen LogP contribution < -0.4 is 5.73 Å². The van der Waals surface area contributed by atoms with Gasteiger partial charge in [0, 0.05) is 19.6 Å². The molecule has 0 aromatic heterocycles. The second-order valence-corrected chi connectivity index (χ2v) is 7.38. The van der Waals surface area contributed by atoms with Crippen molar-refractivity contribution in [3.8, 4) is 0 Å². The van der Waals surface area contributed by atoms with Crippen LogP contribution in [0.25, 0.3) is 0 Å². The summed E-state index contributed by atoms with van der Waals surface area (Å²) in [7, 11) is 0. The second-order valence-electron chi connectivity index (χ2n) is 7.38. The van der Waals surface area contributed by atoms with E-state index in [4.69, 9.17) is 10.5 Å². The molecule has 1 spiro atoms. The van der Waals surface area contributed by atoms with Crippen LogP contribution in [0, 0.1) is 5.41 Å². The number of carbonyl (C=O) groups excluding carboxylic acids is 1. The number of hydrogen-bond acceptors (Lipinski definition) is 3. The van der Waals surface area contributed by atoms with E-state index in [1.807, 2.05) is 30.3 Å². The fraction of sp³-hybridized carbons (Fsp3) is 0.632. The number of halogens is 1. The topological polar surface area (TPSA) is 55.6 Å². The fourth-order valence-corrected chi connectivity index (χ4v) is 3.91. The lowest BCUT2D eigenvalue weighted by Gasteiger charge is -2.47. The normalized spacial score (nSPS) is 22.3. The molecule has 1 aliphatic heterocycles. The SMILES string of the molecule is NCC1(F)CCC2(CCN(C(=O)OCc3ccccc3)CC2)CC1. The summed E-state index contributed by atoms with van der Waals surface area (Å²) in [6.07, 6.45) is 4.51. The summed E-state index contributed by atoms with van der Waals surface area (Å²) in [4.78, 5) is 14.0. The summed E-state index contributed by atoms with van der Waals surface area (Å²) in [5.41, 5.74) is 5.57. The minimum absolute atomic E-state index is 0.126. The number of amides is 1. The van der Waals surface area contributed by atoms with Gasteiger partial charge >= 0.3 is 6.09 Å². The summed E-state index contributed by atoms with van der Waals surface area (Å²) in [6.45, 7) is 1.84. The first-order chi connectivity index (χ1) is 11.5. The predicted octanol–water partition coefficient (Wildman–Crippen LogP) is 3.65. The maximum absolute atomic E-state index is 14.3. The summed E-state index contributed by atoms with van der Waals surface area (Å²) in [6, 6.07) is 9.70. The largest absolute Gasteiger partial charge is 0.445 e. The number of benzene rings is 1. The number of alkyl halides is 1. The van der Waals surface area contributed by atoms with Crippen molar-refractivity contribution in [3.05, 3.63) is 35.9 Å². The average Bonchev–Trinajstić information content (AvgIpc) is 2.64. The van der Waals surface area contributed by atoms with Gasteiger partial charge in [-0.25, -0.2) is 9.18 Å². The third-order valence-corrected chi connectivity index (χ3v) is 5.86. The zero-order valence-electron chi connectivity index (χ0n) is 14.2. The van der Waals surface area contributed by atoms with Gasteiger partial charge in [0.2, 0.25) is 0 Å². The lowest BCUT2D eigenvalue weighted by atomic mass is 9.64. The van der Waals surface area contributed by atoms with Gasteiger partial charge in [-0.15, -0.1) is 0 Å². The Kier molecular flexibility index (Phi) is 5.09. The molecular weight excluding hydrogens is 307 g/mol. The van der Waals surface area contributed by atoms with Crippen LogP contribution >= 0.6 is 0 Å². The van der Waals surface area contributed by atoms with Gasteiger partial charge in [-0.1, -0.05) is 30.3 Å². The van der Waals surface area contributed by atoms with Crippen LogP contribution in [0.2, 0.25) is 0 Å². The quantitative estimate of drug-likeness (QED) is 0.918. The van der Waals surface area contributed by atoms with E-state index in [-0.39, 0.29) is 18.1 Å². The molecule has 1 heterocycles. The summed E-state index contributed by atoms with van der Waals surface area (Å²) in [5.74, 6) is 0. The lowest BCUT2D eigenvalue weighted by Crippen LogP contribution is -2.47. The molecule has 24 heavy (non-hydrogen) atoms. The van der Waals surface area contributed by atoms with Crippen LogP contribution in [-0.4, -0.2) is 36.3 Å². The van der Waals surface area contributed by atoms with Crippen LogP contribution in [0.15, 0.2) is 30.3 Å². The number of nitrogens with two attached hydrogens (primary N) is 1. The van der Waals surface area contributed by atoms with Crippen LogP contribution in [0.5, 0.6) is 0 Å². The van der Waals surface area contributed by atoms with Crippen molar-refractivity contribution in [2.75, 3.05) is 19.6 Å². The Balaban J connectivity index is 1.46. The van der Waals surface area contributed by atoms with Crippen LogP contribution in [0.1, 0.15) is 44.1 Å². The van der Waals surface area contributed by atoms with Gasteiger partial charge in [-0.05, 0) is 49.5 Å². The predicted molar refractivity (Wildman–Crippen MR) is 91.2 cm³/mol. The first-order valence-electron chi connectivity index (χ1n) is 8.89. The molecule has 1 saturated carbocycles. The Bertz CT molecular complexity index is 546. The minimum atomic E-state index is -1.17. The van der Waals surface area contributed by atoms with Crippen LogP contribution in [-0.2, 0) is 11.3 Å². The Morgan fingerprint density at radius 2 is 1.71 bits per heavy atom. The van der Waals surface area contributed by atoms with E-state index in [0.29, 0.717) is 32.5 Å². The number of nitrogens with zero attached hydrogens (tertiary/aromatic N) is 1. The van der Waals surface area contributed by atoms with Gasteiger partial charge in [-0.2, -0.15) is 0 Å². The summed E-state index contributed by atoms with van der Waals surface area (Å²) >= 11 is 0. The molecule has 2 fully saturated rings. The maximum Gasteiger partial charge on any atom is 0.410 e. The molecule has 4 nitrogen and oxygen atoms in total. The highest BCUT2D eigenvalue weighted by atomic mass is 19.1. The minimum Gasteiger partial charge on any atom is -0.445 e. The third kappa shape index (κ3) is 3.89. The van der Waals surface area contributed by atoms with Gasteiger partial charge in [-0.3, -0.25) is 0 Å². The molecule has 1 aliphatic carbocycles. The molecule has 0 unspecified atom stereocenters. The average molecular weight is 334 g/mol. The van der Waals surface area contributed by atoms with Crippen molar-refractivity contribution >= 4 is 6.09 Å². The smallest absolute Gasteiger partial charge is 0.410 e. The first-order valence-corrected chi connectivity index (χ1v) is 8.89. The number of piperidine rings is 1. The van der Waals surface area contributed by atoms with Crippen molar-refractivity contribution in [2.24, 2.45) is 11.1 Å². The monoisotopic (exact) mass is 334 g/mol. The maximum atomic E-state index is 14.3. The Hall–Kier alpha value is -1.62. The van der Waals surface area contributed by atoms with Crippen molar-refractivity contribution in [1.82, 2.24) is 4.90 Å². The van der Waals surface area contributed by atoms with Gasteiger partial charge in [0.1, 0.15) is 12.3 Å². The van der Waals surface area contributed by atoms with E-state index < -0.39 is 5.67 Å². The lowest BCUT2D eigenvalue weighted by molar-refractivity contribution is 0.00129. The first kappa shape index (κ1) is 17.2. The molecule has 0 atom stereocenters.